The van der Waals surface area contributed by atoms with Crippen molar-refractivity contribution in [3.8, 4) is 0 Å². The Kier molecular flexibility index (Phi) is 4.50. The highest BCUT2D eigenvalue weighted by Gasteiger charge is 2.71. The summed E-state index contributed by atoms with van der Waals surface area (Å²) in [5.74, 6) is 0.570. The molecule has 34 heavy (non-hydrogen) atoms. The highest BCUT2D eigenvalue weighted by atomic mass is 19.4. The molecule has 0 amide bonds. The number of carboxylic acids is 1. The number of allylic oxidation sites excluding steroid dienone is 2. The first-order valence-electron chi connectivity index (χ1n) is 11.6. The molecular weight excluding hydrogens is 449 g/mol. The van der Waals surface area contributed by atoms with Crippen molar-refractivity contribution >= 4 is 17.6 Å². The summed E-state index contributed by atoms with van der Waals surface area (Å²) in [5, 5.41) is 12.2. The van der Waals surface area contributed by atoms with Crippen LogP contribution in [0.25, 0.3) is 0 Å². The van der Waals surface area contributed by atoms with Crippen LogP contribution in [-0.2, 0) is 9.53 Å². The van der Waals surface area contributed by atoms with E-state index in [2.05, 4.69) is 15.2 Å². The molecule has 6 rings (SSSR count). The minimum atomic E-state index is -4.37. The number of aliphatic carboxylic acids is 1. The number of ether oxygens (including phenoxy) is 1. The van der Waals surface area contributed by atoms with E-state index in [0.717, 1.165) is 56.2 Å². The summed E-state index contributed by atoms with van der Waals surface area (Å²) in [6, 6.07) is 3.81. The number of carbonyl (C=O) groups is 1. The van der Waals surface area contributed by atoms with Crippen molar-refractivity contribution in [3.05, 3.63) is 47.7 Å². The van der Waals surface area contributed by atoms with E-state index >= 15 is 0 Å². The molecule has 180 valence electrons. The van der Waals surface area contributed by atoms with Crippen LogP contribution in [0.5, 0.6) is 0 Å². The van der Waals surface area contributed by atoms with Crippen molar-refractivity contribution < 1.29 is 27.8 Å². The molecule has 1 aromatic heterocycles. The van der Waals surface area contributed by atoms with Gasteiger partial charge in [-0.05, 0) is 43.9 Å². The highest BCUT2D eigenvalue weighted by Crippen LogP contribution is 2.60. The summed E-state index contributed by atoms with van der Waals surface area (Å²) in [5.41, 5.74) is -1.54. The number of carboxylic acid groups (broad SMARTS) is 1. The molecule has 2 aliphatic carbocycles. The number of hydrogen-bond acceptors (Lipinski definition) is 6. The van der Waals surface area contributed by atoms with Crippen LogP contribution in [0.4, 0.5) is 19.0 Å². The summed E-state index contributed by atoms with van der Waals surface area (Å²) in [4.78, 5) is 22.5. The Morgan fingerprint density at radius 3 is 2.74 bits per heavy atom. The van der Waals surface area contributed by atoms with E-state index in [4.69, 9.17) is 14.8 Å². The van der Waals surface area contributed by atoms with Gasteiger partial charge in [-0.3, -0.25) is 9.79 Å². The number of amidine groups is 1. The SMILES string of the molecule is O=C(O)CC1CCC2(CCN(c3ccc(C4=NC56C=CC(C(F)(F)F)=CC5(C6)N4)cn3)CC2)O1. The number of anilines is 1. The number of piperidine rings is 1. The van der Waals surface area contributed by atoms with E-state index in [9.17, 15) is 18.0 Å². The number of alkyl halides is 3. The maximum absolute atomic E-state index is 13.2. The number of nitrogens with one attached hydrogen (secondary N) is 1. The van der Waals surface area contributed by atoms with E-state index in [1.807, 2.05) is 12.1 Å². The summed E-state index contributed by atoms with van der Waals surface area (Å²) in [6.45, 7) is 1.54. The van der Waals surface area contributed by atoms with Gasteiger partial charge < -0.3 is 20.1 Å². The molecule has 1 saturated carbocycles. The lowest BCUT2D eigenvalue weighted by molar-refractivity contribution is -0.142. The minimum absolute atomic E-state index is 0.0536. The third-order valence-electron chi connectivity index (χ3n) is 7.88. The molecule has 5 aliphatic rings. The Hall–Kier alpha value is -2.88. The van der Waals surface area contributed by atoms with Gasteiger partial charge in [0, 0.05) is 31.3 Å². The average molecular weight is 474 g/mol. The fourth-order valence-corrected chi connectivity index (χ4v) is 5.88. The number of nitrogens with zero attached hydrogens (tertiary/aromatic N) is 3. The van der Waals surface area contributed by atoms with E-state index in [1.54, 1.807) is 12.3 Å². The van der Waals surface area contributed by atoms with Gasteiger partial charge in [-0.1, -0.05) is 12.2 Å². The van der Waals surface area contributed by atoms with Crippen molar-refractivity contribution in [2.24, 2.45) is 4.99 Å². The number of pyridine rings is 1. The molecule has 1 spiro atoms. The fourth-order valence-electron chi connectivity index (χ4n) is 5.88. The summed E-state index contributed by atoms with van der Waals surface area (Å²) in [6.07, 6.45) is 4.99. The molecule has 3 unspecified atom stereocenters. The van der Waals surface area contributed by atoms with Gasteiger partial charge in [0.05, 0.1) is 29.2 Å². The summed E-state index contributed by atoms with van der Waals surface area (Å²) in [7, 11) is 0. The summed E-state index contributed by atoms with van der Waals surface area (Å²) >= 11 is 0. The van der Waals surface area contributed by atoms with Gasteiger partial charge in [0.1, 0.15) is 17.2 Å². The molecule has 0 bridgehead atoms. The second-order valence-corrected chi connectivity index (χ2v) is 10.0. The smallest absolute Gasteiger partial charge is 0.416 e. The Labute approximate surface area is 194 Å². The van der Waals surface area contributed by atoms with Crippen LogP contribution in [0.15, 0.2) is 47.1 Å². The van der Waals surface area contributed by atoms with Crippen molar-refractivity contribution in [3.63, 3.8) is 0 Å². The molecule has 7 nitrogen and oxygen atoms in total. The van der Waals surface area contributed by atoms with Gasteiger partial charge in [0.25, 0.3) is 0 Å². The van der Waals surface area contributed by atoms with Crippen LogP contribution in [0.2, 0.25) is 0 Å². The first kappa shape index (κ1) is 21.6. The summed E-state index contributed by atoms with van der Waals surface area (Å²) < 4.78 is 45.6. The predicted octanol–water partition coefficient (Wildman–Crippen LogP) is 3.36. The molecule has 2 N–H and O–H groups in total. The van der Waals surface area contributed by atoms with Crippen molar-refractivity contribution in [2.45, 2.75) is 67.5 Å². The van der Waals surface area contributed by atoms with E-state index in [-0.39, 0.29) is 18.1 Å². The topological polar surface area (TPSA) is 87.0 Å². The number of rotatable bonds is 4. The van der Waals surface area contributed by atoms with Gasteiger partial charge in [-0.15, -0.1) is 0 Å². The van der Waals surface area contributed by atoms with Gasteiger partial charge in [-0.25, -0.2) is 4.98 Å². The van der Waals surface area contributed by atoms with E-state index < -0.39 is 28.8 Å². The molecule has 3 fully saturated rings. The monoisotopic (exact) mass is 474 g/mol. The zero-order valence-electron chi connectivity index (χ0n) is 18.4. The molecule has 2 saturated heterocycles. The lowest BCUT2D eigenvalue weighted by Crippen LogP contribution is -2.45. The van der Waals surface area contributed by atoms with Crippen LogP contribution in [-0.4, -0.2) is 63.9 Å². The number of aromatic nitrogens is 1. The Bertz CT molecular complexity index is 1120. The number of aliphatic imine (C=N–C) groups is 1. The third-order valence-corrected chi connectivity index (χ3v) is 7.88. The fraction of sp³-hybridized carbons (Fsp3) is 0.542. The first-order valence-corrected chi connectivity index (χ1v) is 11.6. The standard InChI is InChI=1S/C24H25F3N4O3/c25-24(26,27)16-3-6-22-14-23(22,12-16)30-20(29-22)15-1-2-18(28-13-15)31-9-7-21(8-10-31)5-4-17(34-21)11-19(32)33/h1-3,6,12-13,17H,4-5,7-11,14H2,(H,29,30)(H,32,33). The van der Waals surface area contributed by atoms with Crippen LogP contribution in [0.3, 0.4) is 0 Å². The van der Waals surface area contributed by atoms with Gasteiger partial charge in [0.15, 0.2) is 0 Å². The predicted molar refractivity (Wildman–Crippen MR) is 118 cm³/mol. The van der Waals surface area contributed by atoms with Crippen LogP contribution < -0.4 is 10.2 Å². The van der Waals surface area contributed by atoms with Crippen LogP contribution >= 0.6 is 0 Å². The van der Waals surface area contributed by atoms with Gasteiger partial charge in [0.2, 0.25) is 0 Å². The van der Waals surface area contributed by atoms with Gasteiger partial charge in [-0.2, -0.15) is 13.2 Å². The lowest BCUT2D eigenvalue weighted by Gasteiger charge is -2.39. The van der Waals surface area contributed by atoms with E-state index in [0.29, 0.717) is 12.3 Å². The maximum atomic E-state index is 13.2. The van der Waals surface area contributed by atoms with Crippen molar-refractivity contribution in [1.82, 2.24) is 10.3 Å². The molecule has 4 heterocycles. The molecule has 10 heteroatoms. The zero-order chi connectivity index (χ0) is 23.8. The quantitative estimate of drug-likeness (QED) is 0.696. The molecule has 1 aromatic rings. The maximum Gasteiger partial charge on any atom is 0.416 e. The third kappa shape index (κ3) is 3.41. The molecule has 0 aromatic carbocycles. The lowest BCUT2D eigenvalue weighted by atomic mass is 9.88. The minimum Gasteiger partial charge on any atom is -0.481 e. The largest absolute Gasteiger partial charge is 0.481 e. The van der Waals surface area contributed by atoms with Crippen LogP contribution in [0.1, 0.15) is 44.1 Å². The molecular formula is C24H25F3N4O3. The highest BCUT2D eigenvalue weighted by molar-refractivity contribution is 6.03. The Morgan fingerprint density at radius 1 is 1.26 bits per heavy atom. The van der Waals surface area contributed by atoms with Crippen molar-refractivity contribution in [2.75, 3.05) is 18.0 Å². The molecule has 3 aliphatic heterocycles. The van der Waals surface area contributed by atoms with E-state index in [1.165, 1.54) is 6.08 Å². The number of hydrogen-bond donors (Lipinski definition) is 2. The molecule has 3 atom stereocenters. The average Bonchev–Trinajstić information content (AvgIpc) is 3.07. The second kappa shape index (κ2) is 7.07. The van der Waals surface area contributed by atoms with Crippen LogP contribution in [0, 0.1) is 0 Å². The first-order chi connectivity index (χ1) is 16.1. The van der Waals surface area contributed by atoms with Crippen molar-refractivity contribution in [1.29, 1.82) is 0 Å². The Balaban J connectivity index is 1.10. The second-order valence-electron chi connectivity index (χ2n) is 10.0. The number of halogens is 3. The van der Waals surface area contributed by atoms with Gasteiger partial charge >= 0.3 is 12.1 Å². The molecule has 0 radical (unpaired) electrons. The Morgan fingerprint density at radius 2 is 2.06 bits per heavy atom. The zero-order valence-corrected chi connectivity index (χ0v) is 18.4. The normalized spacial score (nSPS) is 33.1.